The highest BCUT2D eigenvalue weighted by atomic mass is 79.9. The molecule has 15 heavy (non-hydrogen) atoms. The van der Waals surface area contributed by atoms with Gasteiger partial charge in [-0.05, 0) is 35.8 Å². The van der Waals surface area contributed by atoms with E-state index in [9.17, 15) is 4.79 Å². The van der Waals surface area contributed by atoms with Crippen LogP contribution in [0.1, 0.15) is 23.0 Å². The fourth-order valence-corrected chi connectivity index (χ4v) is 1.58. The zero-order valence-electron chi connectivity index (χ0n) is 8.74. The molecule has 1 heterocycles. The number of carbonyl (C=O) groups is 1. The number of nitriles is 1. The number of hydrogen-bond acceptors (Lipinski definition) is 3. The maximum absolute atomic E-state index is 11.8. The summed E-state index contributed by atoms with van der Waals surface area (Å²) in [7, 11) is 1.58. The van der Waals surface area contributed by atoms with E-state index in [-0.39, 0.29) is 11.7 Å². The molecule has 1 rings (SSSR count). The summed E-state index contributed by atoms with van der Waals surface area (Å²) < 4.78 is 5.72. The summed E-state index contributed by atoms with van der Waals surface area (Å²) in [5, 5.41) is 8.69. The zero-order valence-corrected chi connectivity index (χ0v) is 10.3. The van der Waals surface area contributed by atoms with Gasteiger partial charge >= 0.3 is 0 Å². The Hall–Kier alpha value is -1.28. The van der Waals surface area contributed by atoms with Crippen molar-refractivity contribution in [3.63, 3.8) is 0 Å². The molecule has 0 spiro atoms. The normalized spacial score (nSPS) is 11.9. The fraction of sp³-hybridized carbons (Fsp3) is 0.400. The molecule has 0 aliphatic heterocycles. The average Bonchev–Trinajstić information content (AvgIpc) is 2.54. The van der Waals surface area contributed by atoms with E-state index < -0.39 is 6.04 Å². The molecule has 0 aliphatic carbocycles. The van der Waals surface area contributed by atoms with Crippen molar-refractivity contribution >= 4 is 21.8 Å². The first-order valence-corrected chi connectivity index (χ1v) is 5.19. The van der Waals surface area contributed by atoms with E-state index in [4.69, 9.17) is 9.68 Å². The Balaban J connectivity index is 2.96. The molecule has 0 aromatic carbocycles. The molecular formula is C10H11BrN2O2. The minimum absolute atomic E-state index is 0.270. The van der Waals surface area contributed by atoms with Crippen molar-refractivity contribution in [1.82, 2.24) is 4.90 Å². The summed E-state index contributed by atoms with van der Waals surface area (Å²) in [4.78, 5) is 13.2. The standard InChI is InChI=1S/C10H11BrN2O2/c1-6-4-8(11)15-9(6)10(14)13(3)7(2)5-12/h4,7H,1-3H3/t7-/m1/s1. The van der Waals surface area contributed by atoms with E-state index in [0.717, 1.165) is 5.56 Å². The Labute approximate surface area is 96.6 Å². The molecule has 0 saturated carbocycles. The minimum atomic E-state index is -0.472. The monoisotopic (exact) mass is 270 g/mol. The van der Waals surface area contributed by atoms with Gasteiger partial charge in [-0.2, -0.15) is 5.26 Å². The van der Waals surface area contributed by atoms with Gasteiger partial charge in [0.15, 0.2) is 10.4 Å². The highest BCUT2D eigenvalue weighted by Gasteiger charge is 2.22. The molecule has 5 heteroatoms. The predicted molar refractivity (Wildman–Crippen MR) is 58.3 cm³/mol. The SMILES string of the molecule is Cc1cc(Br)oc1C(=O)N(C)[C@H](C)C#N. The molecule has 80 valence electrons. The van der Waals surface area contributed by atoms with Crippen LogP contribution < -0.4 is 0 Å². The molecule has 0 unspecified atom stereocenters. The highest BCUT2D eigenvalue weighted by molar-refractivity contribution is 9.10. The van der Waals surface area contributed by atoms with Crippen molar-refractivity contribution in [3.8, 4) is 6.07 Å². The van der Waals surface area contributed by atoms with Crippen LogP contribution in [0.3, 0.4) is 0 Å². The van der Waals surface area contributed by atoms with Crippen molar-refractivity contribution in [3.05, 3.63) is 22.1 Å². The van der Waals surface area contributed by atoms with E-state index in [2.05, 4.69) is 15.9 Å². The fourth-order valence-electron chi connectivity index (χ4n) is 1.08. The first-order chi connectivity index (χ1) is 6.97. The average molecular weight is 271 g/mol. The third-order valence-corrected chi connectivity index (χ3v) is 2.56. The number of nitrogens with zero attached hydrogens (tertiary/aromatic N) is 2. The maximum Gasteiger partial charge on any atom is 0.290 e. The third kappa shape index (κ3) is 2.39. The van der Waals surface area contributed by atoms with Gasteiger partial charge in [-0.3, -0.25) is 4.79 Å². The lowest BCUT2D eigenvalue weighted by atomic mass is 10.2. The third-order valence-electron chi connectivity index (χ3n) is 2.17. The number of amides is 1. The summed E-state index contributed by atoms with van der Waals surface area (Å²) >= 11 is 3.15. The summed E-state index contributed by atoms with van der Waals surface area (Å²) in [5.74, 6) is -0.0151. The van der Waals surface area contributed by atoms with Gasteiger partial charge in [0.1, 0.15) is 6.04 Å². The molecule has 0 aliphatic rings. The summed E-state index contributed by atoms with van der Waals surface area (Å²) in [6, 6.07) is 3.24. The lowest BCUT2D eigenvalue weighted by Crippen LogP contribution is -2.34. The van der Waals surface area contributed by atoms with Crippen molar-refractivity contribution in [2.75, 3.05) is 7.05 Å². The summed E-state index contributed by atoms with van der Waals surface area (Å²) in [6.07, 6.45) is 0. The second-order valence-electron chi connectivity index (χ2n) is 3.28. The van der Waals surface area contributed by atoms with E-state index in [0.29, 0.717) is 4.67 Å². The second kappa shape index (κ2) is 4.49. The molecule has 1 amide bonds. The summed E-state index contributed by atoms with van der Waals surface area (Å²) in [6.45, 7) is 3.44. The quantitative estimate of drug-likeness (QED) is 0.829. The van der Waals surface area contributed by atoms with Crippen LogP contribution in [0.5, 0.6) is 0 Å². The number of furan rings is 1. The first-order valence-electron chi connectivity index (χ1n) is 4.40. The number of rotatable bonds is 2. The molecule has 4 nitrogen and oxygen atoms in total. The largest absolute Gasteiger partial charge is 0.444 e. The van der Waals surface area contributed by atoms with Gasteiger partial charge in [-0.15, -0.1) is 0 Å². The molecule has 0 N–H and O–H groups in total. The van der Waals surface area contributed by atoms with Crippen LogP contribution in [0.4, 0.5) is 0 Å². The van der Waals surface area contributed by atoms with E-state index in [1.807, 2.05) is 6.07 Å². The van der Waals surface area contributed by atoms with Crippen molar-refractivity contribution in [2.45, 2.75) is 19.9 Å². The van der Waals surface area contributed by atoms with Gasteiger partial charge in [0.2, 0.25) is 0 Å². The Morgan fingerprint density at radius 2 is 2.33 bits per heavy atom. The number of halogens is 1. The Kier molecular flexibility index (Phi) is 3.53. The van der Waals surface area contributed by atoms with Crippen molar-refractivity contribution in [2.24, 2.45) is 0 Å². The van der Waals surface area contributed by atoms with E-state index >= 15 is 0 Å². The van der Waals surface area contributed by atoms with E-state index in [1.165, 1.54) is 4.90 Å². The zero-order chi connectivity index (χ0) is 11.6. The maximum atomic E-state index is 11.8. The first kappa shape index (κ1) is 11.8. The van der Waals surface area contributed by atoms with Crippen LogP contribution in [0.25, 0.3) is 0 Å². The van der Waals surface area contributed by atoms with Gasteiger partial charge in [-0.1, -0.05) is 0 Å². The predicted octanol–water partition coefficient (Wildman–Crippen LogP) is 2.33. The highest BCUT2D eigenvalue weighted by Crippen LogP contribution is 2.21. The van der Waals surface area contributed by atoms with Crippen LogP contribution in [-0.4, -0.2) is 23.9 Å². The second-order valence-corrected chi connectivity index (χ2v) is 4.07. The Bertz CT molecular complexity index is 420. The topological polar surface area (TPSA) is 57.2 Å². The van der Waals surface area contributed by atoms with Crippen LogP contribution in [0.2, 0.25) is 0 Å². The van der Waals surface area contributed by atoms with Gasteiger partial charge < -0.3 is 9.32 Å². The Morgan fingerprint density at radius 3 is 2.73 bits per heavy atom. The molecule has 0 radical (unpaired) electrons. The molecule has 0 bridgehead atoms. The molecule has 1 atom stereocenters. The van der Waals surface area contributed by atoms with Crippen LogP contribution in [-0.2, 0) is 0 Å². The minimum Gasteiger partial charge on any atom is -0.444 e. The van der Waals surface area contributed by atoms with Gasteiger partial charge in [-0.25, -0.2) is 0 Å². The van der Waals surface area contributed by atoms with Gasteiger partial charge in [0, 0.05) is 12.6 Å². The lowest BCUT2D eigenvalue weighted by molar-refractivity contribution is 0.0739. The van der Waals surface area contributed by atoms with Crippen LogP contribution in [0.15, 0.2) is 15.2 Å². The van der Waals surface area contributed by atoms with Gasteiger partial charge in [0.25, 0.3) is 5.91 Å². The molecule has 1 aromatic rings. The smallest absolute Gasteiger partial charge is 0.290 e. The molecule has 0 saturated heterocycles. The van der Waals surface area contributed by atoms with Crippen molar-refractivity contribution in [1.29, 1.82) is 5.26 Å². The molecular weight excluding hydrogens is 260 g/mol. The van der Waals surface area contributed by atoms with Crippen LogP contribution >= 0.6 is 15.9 Å². The lowest BCUT2D eigenvalue weighted by Gasteiger charge is -2.18. The van der Waals surface area contributed by atoms with Crippen molar-refractivity contribution < 1.29 is 9.21 Å². The summed E-state index contributed by atoms with van der Waals surface area (Å²) in [5.41, 5.74) is 0.754. The molecule has 1 aromatic heterocycles. The molecule has 0 fully saturated rings. The van der Waals surface area contributed by atoms with E-state index in [1.54, 1.807) is 27.0 Å². The Morgan fingerprint density at radius 1 is 1.73 bits per heavy atom. The van der Waals surface area contributed by atoms with Gasteiger partial charge in [0.05, 0.1) is 6.07 Å². The number of hydrogen-bond donors (Lipinski definition) is 0. The number of aryl methyl sites for hydroxylation is 1. The van der Waals surface area contributed by atoms with Crippen LogP contribution in [0, 0.1) is 18.3 Å². The number of carbonyl (C=O) groups excluding carboxylic acids is 1.